The molecule has 3 rings (SSSR count). The van der Waals surface area contributed by atoms with E-state index in [1.165, 1.54) is 19.4 Å². The van der Waals surface area contributed by atoms with Crippen molar-refractivity contribution in [3.8, 4) is 5.75 Å². The van der Waals surface area contributed by atoms with Gasteiger partial charge in [0.05, 0.1) is 18.1 Å². The molecule has 1 aromatic carbocycles. The fourth-order valence-electron chi connectivity index (χ4n) is 3.41. The van der Waals surface area contributed by atoms with Crippen LogP contribution in [0, 0.1) is 5.92 Å². The predicted molar refractivity (Wildman–Crippen MR) is 88.5 cm³/mol. The summed E-state index contributed by atoms with van der Waals surface area (Å²) in [6.45, 7) is 7.50. The monoisotopic (exact) mass is 303 g/mol. The standard InChI is InChI=1S/C17H25N3O2/c1-12(2)19-8-4-5-13(10-19)11-20-16-9-14(22-3)6-7-15(16)18-17(20)21/h6-7,9,12-13H,4-5,8,10-11H2,1-3H3,(H,18,21). The number of aromatic nitrogens is 2. The number of imidazole rings is 1. The van der Waals surface area contributed by atoms with Crippen LogP contribution in [0.3, 0.4) is 0 Å². The Kier molecular flexibility index (Phi) is 4.25. The fraction of sp³-hybridized carbons (Fsp3) is 0.588. The van der Waals surface area contributed by atoms with Crippen LogP contribution in [0.15, 0.2) is 23.0 Å². The third-order valence-electron chi connectivity index (χ3n) is 4.70. The second-order valence-electron chi connectivity index (χ2n) is 6.52. The van der Waals surface area contributed by atoms with Gasteiger partial charge in [0.15, 0.2) is 0 Å². The minimum atomic E-state index is -0.0232. The number of nitrogens with one attached hydrogen (secondary N) is 1. The molecule has 1 aliphatic rings. The number of benzene rings is 1. The van der Waals surface area contributed by atoms with Crippen molar-refractivity contribution in [2.75, 3.05) is 20.2 Å². The molecule has 1 aliphatic heterocycles. The Bertz CT molecular complexity index is 701. The number of H-pyrrole nitrogens is 1. The average molecular weight is 303 g/mol. The third kappa shape index (κ3) is 2.90. The molecule has 0 aliphatic carbocycles. The van der Waals surface area contributed by atoms with Crippen molar-refractivity contribution in [2.45, 2.75) is 39.3 Å². The molecular formula is C17H25N3O2. The summed E-state index contributed by atoms with van der Waals surface area (Å²) >= 11 is 0. The van der Waals surface area contributed by atoms with Gasteiger partial charge >= 0.3 is 5.69 Å². The molecule has 5 nitrogen and oxygen atoms in total. The van der Waals surface area contributed by atoms with E-state index < -0.39 is 0 Å². The van der Waals surface area contributed by atoms with E-state index in [-0.39, 0.29) is 5.69 Å². The first kappa shape index (κ1) is 15.2. The Morgan fingerprint density at radius 2 is 2.23 bits per heavy atom. The Morgan fingerprint density at radius 3 is 2.95 bits per heavy atom. The van der Waals surface area contributed by atoms with E-state index in [2.05, 4.69) is 23.7 Å². The van der Waals surface area contributed by atoms with Crippen molar-refractivity contribution in [3.05, 3.63) is 28.7 Å². The lowest BCUT2D eigenvalue weighted by Gasteiger charge is -2.35. The van der Waals surface area contributed by atoms with E-state index in [1.807, 2.05) is 22.8 Å². The van der Waals surface area contributed by atoms with Gasteiger partial charge in [-0.1, -0.05) is 0 Å². The Morgan fingerprint density at radius 1 is 1.41 bits per heavy atom. The molecule has 0 radical (unpaired) electrons. The van der Waals surface area contributed by atoms with E-state index in [4.69, 9.17) is 4.74 Å². The van der Waals surface area contributed by atoms with Crippen molar-refractivity contribution in [1.82, 2.24) is 14.5 Å². The van der Waals surface area contributed by atoms with Crippen LogP contribution >= 0.6 is 0 Å². The smallest absolute Gasteiger partial charge is 0.326 e. The van der Waals surface area contributed by atoms with Crippen LogP contribution < -0.4 is 10.4 Å². The van der Waals surface area contributed by atoms with Crippen LogP contribution in [0.1, 0.15) is 26.7 Å². The minimum Gasteiger partial charge on any atom is -0.497 e. The maximum absolute atomic E-state index is 12.3. The van der Waals surface area contributed by atoms with Gasteiger partial charge in [-0.15, -0.1) is 0 Å². The molecule has 0 bridgehead atoms. The van der Waals surface area contributed by atoms with E-state index in [0.717, 1.165) is 29.9 Å². The molecule has 120 valence electrons. The number of hydrogen-bond acceptors (Lipinski definition) is 3. The molecule has 0 spiro atoms. The van der Waals surface area contributed by atoms with E-state index in [9.17, 15) is 4.79 Å². The largest absolute Gasteiger partial charge is 0.497 e. The number of fused-ring (bicyclic) bond motifs is 1. The van der Waals surface area contributed by atoms with Crippen LogP contribution in [0.5, 0.6) is 5.75 Å². The van der Waals surface area contributed by atoms with Crippen LogP contribution in [0.25, 0.3) is 11.0 Å². The van der Waals surface area contributed by atoms with E-state index in [1.54, 1.807) is 7.11 Å². The molecule has 5 heteroatoms. The average Bonchev–Trinajstić information content (AvgIpc) is 2.83. The van der Waals surface area contributed by atoms with Crippen LogP contribution in [0.4, 0.5) is 0 Å². The number of hydrogen-bond donors (Lipinski definition) is 1. The summed E-state index contributed by atoms with van der Waals surface area (Å²) in [5, 5.41) is 0. The van der Waals surface area contributed by atoms with Gasteiger partial charge in [-0.05, 0) is 51.3 Å². The number of nitrogens with zero attached hydrogens (tertiary/aromatic N) is 2. The highest BCUT2D eigenvalue weighted by atomic mass is 16.5. The zero-order chi connectivity index (χ0) is 15.7. The van der Waals surface area contributed by atoms with Gasteiger partial charge in [0.2, 0.25) is 0 Å². The second-order valence-corrected chi connectivity index (χ2v) is 6.52. The highest BCUT2D eigenvalue weighted by Gasteiger charge is 2.23. The third-order valence-corrected chi connectivity index (χ3v) is 4.70. The van der Waals surface area contributed by atoms with E-state index >= 15 is 0 Å². The Balaban J connectivity index is 1.87. The lowest BCUT2D eigenvalue weighted by molar-refractivity contribution is 0.131. The lowest BCUT2D eigenvalue weighted by Crippen LogP contribution is -2.41. The second kappa shape index (κ2) is 6.16. The van der Waals surface area contributed by atoms with Gasteiger partial charge in [0, 0.05) is 25.2 Å². The van der Waals surface area contributed by atoms with Gasteiger partial charge in [-0.3, -0.25) is 4.57 Å². The molecular weight excluding hydrogens is 278 g/mol. The molecule has 2 heterocycles. The molecule has 0 amide bonds. The first-order valence-electron chi connectivity index (χ1n) is 8.09. The summed E-state index contributed by atoms with van der Waals surface area (Å²) in [6.07, 6.45) is 2.40. The number of likely N-dealkylation sites (tertiary alicyclic amines) is 1. The first-order chi connectivity index (χ1) is 10.6. The molecule has 1 saturated heterocycles. The summed E-state index contributed by atoms with van der Waals surface area (Å²) in [4.78, 5) is 17.7. The van der Waals surface area contributed by atoms with Crippen molar-refractivity contribution in [3.63, 3.8) is 0 Å². The number of methoxy groups -OCH3 is 1. The van der Waals surface area contributed by atoms with Gasteiger partial charge in [0.1, 0.15) is 5.75 Å². The molecule has 22 heavy (non-hydrogen) atoms. The molecule has 1 N–H and O–H groups in total. The maximum atomic E-state index is 12.3. The molecule has 2 aromatic rings. The predicted octanol–water partition coefficient (Wildman–Crippen LogP) is 2.46. The zero-order valence-electron chi connectivity index (χ0n) is 13.6. The van der Waals surface area contributed by atoms with Crippen molar-refractivity contribution < 1.29 is 4.74 Å². The van der Waals surface area contributed by atoms with Crippen molar-refractivity contribution in [1.29, 1.82) is 0 Å². The zero-order valence-corrected chi connectivity index (χ0v) is 13.6. The van der Waals surface area contributed by atoms with Crippen LogP contribution in [0.2, 0.25) is 0 Å². The normalized spacial score (nSPS) is 19.9. The summed E-state index contributed by atoms with van der Waals surface area (Å²) < 4.78 is 7.15. The summed E-state index contributed by atoms with van der Waals surface area (Å²) in [6, 6.07) is 6.30. The molecule has 1 unspecified atom stereocenters. The summed E-state index contributed by atoms with van der Waals surface area (Å²) in [5.74, 6) is 1.31. The first-order valence-corrected chi connectivity index (χ1v) is 8.09. The van der Waals surface area contributed by atoms with Gasteiger partial charge in [-0.25, -0.2) is 4.79 Å². The summed E-state index contributed by atoms with van der Waals surface area (Å²) in [7, 11) is 1.65. The van der Waals surface area contributed by atoms with Crippen molar-refractivity contribution in [2.24, 2.45) is 5.92 Å². The number of ether oxygens (including phenoxy) is 1. The fourth-order valence-corrected chi connectivity index (χ4v) is 3.41. The van der Waals surface area contributed by atoms with Crippen molar-refractivity contribution >= 4 is 11.0 Å². The molecule has 1 aromatic heterocycles. The van der Waals surface area contributed by atoms with Gasteiger partial charge in [-0.2, -0.15) is 0 Å². The summed E-state index contributed by atoms with van der Waals surface area (Å²) in [5.41, 5.74) is 1.79. The molecule has 1 atom stereocenters. The number of aromatic amines is 1. The van der Waals surface area contributed by atoms with Crippen LogP contribution in [-0.4, -0.2) is 40.7 Å². The van der Waals surface area contributed by atoms with E-state index in [0.29, 0.717) is 12.0 Å². The Hall–Kier alpha value is -1.75. The Labute approximate surface area is 130 Å². The minimum absolute atomic E-state index is 0.0232. The lowest BCUT2D eigenvalue weighted by atomic mass is 9.97. The number of rotatable bonds is 4. The van der Waals surface area contributed by atoms with Crippen LogP contribution in [-0.2, 0) is 6.54 Å². The highest BCUT2D eigenvalue weighted by Crippen LogP contribution is 2.23. The topological polar surface area (TPSA) is 50.3 Å². The SMILES string of the molecule is COc1ccc2[nH]c(=O)n(CC3CCCN(C(C)C)C3)c2c1. The van der Waals surface area contributed by atoms with Gasteiger partial charge < -0.3 is 14.6 Å². The van der Waals surface area contributed by atoms with Gasteiger partial charge in [0.25, 0.3) is 0 Å². The molecule has 1 fully saturated rings. The maximum Gasteiger partial charge on any atom is 0.326 e. The highest BCUT2D eigenvalue weighted by molar-refractivity contribution is 5.77. The molecule has 0 saturated carbocycles. The number of piperidine rings is 1. The quantitative estimate of drug-likeness (QED) is 0.944.